The quantitative estimate of drug-likeness (QED) is 0.134. The van der Waals surface area contributed by atoms with Gasteiger partial charge in [0.2, 0.25) is 0 Å². The lowest BCUT2D eigenvalue weighted by molar-refractivity contribution is -0.184. The molecule has 0 radical (unpaired) electrons. The number of nitrogens with one attached hydrogen (secondary N) is 1. The number of benzene rings is 2. The van der Waals surface area contributed by atoms with Gasteiger partial charge in [-0.25, -0.2) is 0 Å². The lowest BCUT2D eigenvalue weighted by Crippen LogP contribution is -2.46. The van der Waals surface area contributed by atoms with Crippen LogP contribution in [0.4, 0.5) is 24.5 Å². The van der Waals surface area contributed by atoms with Crippen LogP contribution in [0.25, 0.3) is 0 Å². The van der Waals surface area contributed by atoms with Gasteiger partial charge in [-0.15, -0.1) is 0 Å². The summed E-state index contributed by atoms with van der Waals surface area (Å²) in [6.07, 6.45) is -3.41. The first kappa shape index (κ1) is 29.5. The predicted octanol–water partition coefficient (Wildman–Crippen LogP) is 5.10. The number of carbonyl (C=O) groups excluding carboxylic acids is 2. The fourth-order valence-electron chi connectivity index (χ4n) is 4.17. The number of nitrogen functional groups attached to an aromatic ring is 1. The van der Waals surface area contributed by atoms with Gasteiger partial charge in [0.25, 0.3) is 5.91 Å². The van der Waals surface area contributed by atoms with Gasteiger partial charge in [-0.3, -0.25) is 9.59 Å². The second-order valence-corrected chi connectivity index (χ2v) is 16.7. The van der Waals surface area contributed by atoms with Gasteiger partial charge in [-0.1, -0.05) is 43.9 Å². The molecule has 0 aliphatic carbocycles. The normalized spacial score (nSPS) is 15.0. The smallest absolute Gasteiger partial charge is 0.397 e. The van der Waals surface area contributed by atoms with Crippen LogP contribution in [0.2, 0.25) is 25.7 Å². The summed E-state index contributed by atoms with van der Waals surface area (Å²) in [6.45, 7) is 7.18. The Morgan fingerprint density at radius 1 is 1.15 bits per heavy atom. The van der Waals surface area contributed by atoms with Crippen LogP contribution in [0.5, 0.6) is 0 Å². The highest BCUT2D eigenvalue weighted by atomic mass is 28.3. The lowest BCUT2D eigenvalue weighted by Gasteiger charge is -2.37. The molecule has 40 heavy (non-hydrogen) atoms. The monoisotopic (exact) mass is 575 g/mol. The van der Waals surface area contributed by atoms with Crippen LogP contribution in [0.1, 0.15) is 37.5 Å². The Morgan fingerprint density at radius 2 is 1.85 bits per heavy atom. The van der Waals surface area contributed by atoms with E-state index in [9.17, 15) is 27.9 Å². The van der Waals surface area contributed by atoms with Crippen molar-refractivity contribution < 1.29 is 37.3 Å². The third kappa shape index (κ3) is 6.64. The number of aliphatic hydroxyl groups is 1. The molecule has 1 aromatic heterocycles. The summed E-state index contributed by atoms with van der Waals surface area (Å²) in [4.78, 5) is 26.5. The highest BCUT2D eigenvalue weighted by Gasteiger charge is 2.38. The van der Waals surface area contributed by atoms with E-state index in [4.69, 9.17) is 15.2 Å². The molecule has 0 bridgehead atoms. The van der Waals surface area contributed by atoms with E-state index in [1.165, 1.54) is 29.0 Å². The van der Waals surface area contributed by atoms with Gasteiger partial charge in [0, 0.05) is 32.0 Å². The van der Waals surface area contributed by atoms with Crippen LogP contribution < -0.4 is 11.1 Å². The second kappa shape index (κ2) is 11.2. The zero-order valence-corrected chi connectivity index (χ0v) is 23.5. The van der Waals surface area contributed by atoms with Crippen LogP contribution in [0, 0.1) is 0 Å². The Morgan fingerprint density at radius 3 is 2.45 bits per heavy atom. The molecule has 214 valence electrons. The van der Waals surface area contributed by atoms with Crippen LogP contribution in [0.3, 0.4) is 0 Å². The lowest BCUT2D eigenvalue weighted by atomic mass is 9.91. The number of ether oxygens (including phenoxy) is 2. The van der Waals surface area contributed by atoms with Gasteiger partial charge in [0.05, 0.1) is 30.2 Å². The Balaban J connectivity index is 1.62. The molecule has 0 saturated carbocycles. The molecule has 4 N–H and O–H groups in total. The van der Waals surface area contributed by atoms with Gasteiger partial charge in [-0.2, -0.15) is 13.2 Å². The van der Waals surface area contributed by atoms with Gasteiger partial charge in [-0.05, 0) is 35.9 Å². The third-order valence-electron chi connectivity index (χ3n) is 6.61. The molecule has 1 aliphatic heterocycles. The minimum Gasteiger partial charge on any atom is -0.397 e. The van der Waals surface area contributed by atoms with E-state index in [1.807, 2.05) is 0 Å². The summed E-state index contributed by atoms with van der Waals surface area (Å²) in [7, 11) is -1.40. The van der Waals surface area contributed by atoms with E-state index in [1.54, 1.807) is 18.2 Å². The number of hydrogen-bond acceptors (Lipinski definition) is 6. The van der Waals surface area contributed by atoms with Crippen molar-refractivity contribution in [2.45, 2.75) is 44.2 Å². The van der Waals surface area contributed by atoms with Crippen molar-refractivity contribution >= 4 is 31.1 Å². The molecule has 3 aromatic rings. The molecule has 1 aliphatic rings. The summed E-state index contributed by atoms with van der Waals surface area (Å²) in [5.41, 5.74) is 4.35. The molecule has 8 nitrogen and oxygen atoms in total. The molecular formula is C28H32F3N3O5Si. The number of ketones is 1. The van der Waals surface area contributed by atoms with Crippen molar-refractivity contribution in [3.8, 4) is 0 Å². The number of amides is 1. The number of anilines is 2. The summed E-state index contributed by atoms with van der Waals surface area (Å²) in [5, 5.41) is 13.2. The average molecular weight is 576 g/mol. The molecule has 0 atom stereocenters. The summed E-state index contributed by atoms with van der Waals surface area (Å²) < 4.78 is 53.0. The zero-order valence-electron chi connectivity index (χ0n) is 22.5. The number of halogens is 3. The first-order valence-electron chi connectivity index (χ1n) is 12.7. The molecule has 1 amide bonds. The highest BCUT2D eigenvalue weighted by Crippen LogP contribution is 2.34. The fourth-order valence-corrected chi connectivity index (χ4v) is 4.93. The van der Waals surface area contributed by atoms with Crippen molar-refractivity contribution in [2.24, 2.45) is 0 Å². The number of rotatable bonds is 10. The molecule has 0 unspecified atom stereocenters. The number of nitrogens with two attached hydrogens (primary N) is 1. The number of carbonyl (C=O) groups is 2. The number of nitrogens with zero attached hydrogens (tertiary/aromatic N) is 1. The first-order valence-corrected chi connectivity index (χ1v) is 16.4. The maximum absolute atomic E-state index is 13.6. The third-order valence-corrected chi connectivity index (χ3v) is 8.32. The van der Waals surface area contributed by atoms with E-state index in [0.29, 0.717) is 12.2 Å². The van der Waals surface area contributed by atoms with Crippen LogP contribution in [-0.4, -0.2) is 49.3 Å². The summed E-state index contributed by atoms with van der Waals surface area (Å²) in [6, 6.07) is 11.3. The van der Waals surface area contributed by atoms with Crippen molar-refractivity contribution in [3.05, 3.63) is 82.7 Å². The molecule has 2 heterocycles. The molecule has 12 heteroatoms. The molecule has 2 aromatic carbocycles. The van der Waals surface area contributed by atoms with Crippen LogP contribution in [0.15, 0.2) is 54.7 Å². The number of hydrogen-bond donors (Lipinski definition) is 3. The molecular weight excluding hydrogens is 543 g/mol. The Bertz CT molecular complexity index is 1410. The van der Waals surface area contributed by atoms with Gasteiger partial charge < -0.3 is 30.2 Å². The van der Waals surface area contributed by atoms with Crippen molar-refractivity contribution in [2.75, 3.05) is 30.9 Å². The van der Waals surface area contributed by atoms with Gasteiger partial charge in [0.15, 0.2) is 5.78 Å². The van der Waals surface area contributed by atoms with Crippen molar-refractivity contribution in [3.63, 3.8) is 0 Å². The fraction of sp³-hybridized carbons (Fsp3) is 0.357. The molecule has 1 fully saturated rings. The van der Waals surface area contributed by atoms with E-state index in [-0.39, 0.29) is 42.6 Å². The van der Waals surface area contributed by atoms with Crippen LogP contribution >= 0.6 is 0 Å². The van der Waals surface area contributed by atoms with Crippen LogP contribution in [-0.2, 0) is 28.0 Å². The second-order valence-electron chi connectivity index (χ2n) is 11.1. The van der Waals surface area contributed by atoms with E-state index >= 15 is 0 Å². The first-order chi connectivity index (χ1) is 18.7. The predicted molar refractivity (Wildman–Crippen MR) is 147 cm³/mol. The standard InChI is InChI=1S/C28H32F3N3O5Si/c1-40(2,3)11-10-38-17-34-14-18(25(35)20-6-4-5-7-21(20)28(29,30)31)12-24(34)26(36)33-23-9-8-19(13-22(23)32)27(37)15-39-16-27/h4-9,12-14,37H,10-11,15-17,32H2,1-3H3,(H,33,36). The topological polar surface area (TPSA) is 116 Å². The van der Waals surface area contributed by atoms with E-state index < -0.39 is 42.7 Å². The Hall–Kier alpha value is -3.45. The summed E-state index contributed by atoms with van der Waals surface area (Å²) in [5.74, 6) is -1.51. The number of alkyl halides is 3. The molecule has 4 rings (SSSR count). The average Bonchev–Trinajstić information content (AvgIpc) is 3.29. The minimum absolute atomic E-state index is 0.00958. The molecule has 1 saturated heterocycles. The largest absolute Gasteiger partial charge is 0.417 e. The SMILES string of the molecule is C[Si](C)(C)CCOCn1cc(C(=O)c2ccccc2C(F)(F)F)cc1C(=O)Nc1ccc(C2(O)COC2)cc1N. The van der Waals surface area contributed by atoms with E-state index in [0.717, 1.165) is 18.2 Å². The van der Waals surface area contributed by atoms with Crippen molar-refractivity contribution in [1.82, 2.24) is 4.57 Å². The van der Waals surface area contributed by atoms with Gasteiger partial charge >= 0.3 is 6.18 Å². The minimum atomic E-state index is -4.72. The number of aromatic nitrogens is 1. The maximum atomic E-state index is 13.6. The Kier molecular flexibility index (Phi) is 8.27. The van der Waals surface area contributed by atoms with E-state index in [2.05, 4.69) is 25.0 Å². The molecule has 0 spiro atoms. The van der Waals surface area contributed by atoms with Crippen molar-refractivity contribution in [1.29, 1.82) is 0 Å². The van der Waals surface area contributed by atoms with Gasteiger partial charge in [0.1, 0.15) is 18.0 Å². The summed E-state index contributed by atoms with van der Waals surface area (Å²) >= 11 is 0. The Labute approximate surface area is 230 Å². The zero-order chi connectivity index (χ0) is 29.3. The highest BCUT2D eigenvalue weighted by molar-refractivity contribution is 6.76. The maximum Gasteiger partial charge on any atom is 0.417 e.